The van der Waals surface area contributed by atoms with Gasteiger partial charge in [-0.25, -0.2) is 13.4 Å². The molecule has 1 unspecified atom stereocenters. The van der Waals surface area contributed by atoms with Crippen LogP contribution in [0.5, 0.6) is 5.88 Å². The summed E-state index contributed by atoms with van der Waals surface area (Å²) in [6.07, 6.45) is 1.50. The molecule has 1 aliphatic heterocycles. The van der Waals surface area contributed by atoms with Crippen molar-refractivity contribution in [3.8, 4) is 5.88 Å². The number of hydrogen-bond donors (Lipinski definition) is 0. The van der Waals surface area contributed by atoms with Gasteiger partial charge in [-0.05, 0) is 18.9 Å². The Hall–Kier alpha value is -1.63. The standard InChI is InChI=1S/C12H15N3O3S/c1-18-11-6-2-5-10-13-12(14-15(10)11)9-4-3-7-19(16,17)8-9/h2,5-6,9H,3-4,7-8H2,1H3. The number of ether oxygens (including phenoxy) is 1. The van der Waals surface area contributed by atoms with E-state index < -0.39 is 9.84 Å². The molecule has 0 N–H and O–H groups in total. The van der Waals surface area contributed by atoms with Gasteiger partial charge in [0.05, 0.1) is 18.6 Å². The number of pyridine rings is 1. The molecule has 0 aromatic carbocycles. The smallest absolute Gasteiger partial charge is 0.216 e. The molecule has 0 amide bonds. The average Bonchev–Trinajstić information content (AvgIpc) is 2.81. The Bertz CT molecular complexity index is 708. The Morgan fingerprint density at radius 2 is 2.26 bits per heavy atom. The Morgan fingerprint density at radius 3 is 3.00 bits per heavy atom. The van der Waals surface area contributed by atoms with Gasteiger partial charge in [0.1, 0.15) is 0 Å². The maximum Gasteiger partial charge on any atom is 0.216 e. The van der Waals surface area contributed by atoms with Gasteiger partial charge < -0.3 is 4.74 Å². The van der Waals surface area contributed by atoms with Crippen LogP contribution in [0, 0.1) is 0 Å². The third-order valence-electron chi connectivity index (χ3n) is 3.38. The van der Waals surface area contributed by atoms with E-state index >= 15 is 0 Å². The first-order valence-corrected chi connectivity index (χ1v) is 8.01. The molecule has 7 heteroatoms. The Morgan fingerprint density at radius 1 is 1.42 bits per heavy atom. The van der Waals surface area contributed by atoms with E-state index in [4.69, 9.17) is 4.74 Å². The zero-order chi connectivity index (χ0) is 13.5. The lowest BCUT2D eigenvalue weighted by atomic mass is 10.1. The molecular weight excluding hydrogens is 266 g/mol. The number of methoxy groups -OCH3 is 1. The zero-order valence-electron chi connectivity index (χ0n) is 10.6. The van der Waals surface area contributed by atoms with E-state index in [1.165, 1.54) is 0 Å². The molecule has 1 saturated heterocycles. The molecule has 0 aliphatic carbocycles. The summed E-state index contributed by atoms with van der Waals surface area (Å²) in [4.78, 5) is 4.42. The molecule has 1 atom stereocenters. The van der Waals surface area contributed by atoms with Crippen LogP contribution in [0.3, 0.4) is 0 Å². The van der Waals surface area contributed by atoms with Crippen LogP contribution in [-0.2, 0) is 9.84 Å². The van der Waals surface area contributed by atoms with Gasteiger partial charge in [0, 0.05) is 12.0 Å². The quantitative estimate of drug-likeness (QED) is 0.822. The maximum atomic E-state index is 11.7. The first-order valence-electron chi connectivity index (χ1n) is 6.19. The predicted octanol–water partition coefficient (Wildman–Crippen LogP) is 1.03. The van der Waals surface area contributed by atoms with Crippen molar-refractivity contribution in [2.45, 2.75) is 18.8 Å². The highest BCUT2D eigenvalue weighted by Crippen LogP contribution is 2.27. The summed E-state index contributed by atoms with van der Waals surface area (Å²) >= 11 is 0. The maximum absolute atomic E-state index is 11.7. The summed E-state index contributed by atoms with van der Waals surface area (Å²) in [6, 6.07) is 5.46. The minimum atomic E-state index is -2.95. The third kappa shape index (κ3) is 2.30. The number of aromatic nitrogens is 3. The summed E-state index contributed by atoms with van der Waals surface area (Å²) in [6.45, 7) is 0. The van der Waals surface area contributed by atoms with Crippen molar-refractivity contribution in [3.05, 3.63) is 24.0 Å². The van der Waals surface area contributed by atoms with Crippen LogP contribution in [0.25, 0.3) is 5.65 Å². The molecular formula is C12H15N3O3S. The molecule has 1 fully saturated rings. The first kappa shape index (κ1) is 12.4. The lowest BCUT2D eigenvalue weighted by Crippen LogP contribution is -2.24. The molecule has 19 heavy (non-hydrogen) atoms. The van der Waals surface area contributed by atoms with E-state index in [9.17, 15) is 8.42 Å². The molecule has 102 valence electrons. The van der Waals surface area contributed by atoms with Crippen LogP contribution in [0.2, 0.25) is 0 Å². The second-order valence-electron chi connectivity index (χ2n) is 4.76. The van der Waals surface area contributed by atoms with Gasteiger partial charge in [-0.15, -0.1) is 5.10 Å². The van der Waals surface area contributed by atoms with E-state index in [1.54, 1.807) is 17.7 Å². The minimum Gasteiger partial charge on any atom is -0.481 e. The average molecular weight is 281 g/mol. The summed E-state index contributed by atoms with van der Waals surface area (Å²) in [7, 11) is -1.38. The number of rotatable bonds is 2. The molecule has 0 saturated carbocycles. The molecule has 1 aliphatic rings. The van der Waals surface area contributed by atoms with E-state index in [0.29, 0.717) is 23.8 Å². The van der Waals surface area contributed by atoms with Crippen molar-refractivity contribution < 1.29 is 13.2 Å². The monoisotopic (exact) mass is 281 g/mol. The van der Waals surface area contributed by atoms with E-state index in [2.05, 4.69) is 10.1 Å². The highest BCUT2D eigenvalue weighted by atomic mass is 32.2. The summed E-state index contributed by atoms with van der Waals surface area (Å²) in [5.41, 5.74) is 0.678. The highest BCUT2D eigenvalue weighted by Gasteiger charge is 2.29. The Balaban J connectivity index is 2.02. The number of sulfone groups is 1. The van der Waals surface area contributed by atoms with Crippen molar-refractivity contribution in [2.24, 2.45) is 0 Å². The summed E-state index contributed by atoms with van der Waals surface area (Å²) in [5.74, 6) is 1.50. The third-order valence-corrected chi connectivity index (χ3v) is 5.20. The van der Waals surface area contributed by atoms with Crippen molar-refractivity contribution in [1.29, 1.82) is 0 Å². The Kier molecular flexibility index (Phi) is 2.93. The normalized spacial score (nSPS) is 22.5. The molecule has 3 rings (SSSR count). The van der Waals surface area contributed by atoms with Crippen molar-refractivity contribution in [3.63, 3.8) is 0 Å². The van der Waals surface area contributed by atoms with Gasteiger partial charge in [-0.1, -0.05) is 6.07 Å². The fourth-order valence-corrected chi connectivity index (χ4v) is 4.15. The van der Waals surface area contributed by atoms with Gasteiger partial charge in [0.2, 0.25) is 5.88 Å². The summed E-state index contributed by atoms with van der Waals surface area (Å²) in [5, 5.41) is 4.39. The van der Waals surface area contributed by atoms with E-state index in [-0.39, 0.29) is 17.4 Å². The lowest BCUT2D eigenvalue weighted by Gasteiger charge is -2.18. The van der Waals surface area contributed by atoms with Gasteiger partial charge in [0.15, 0.2) is 21.3 Å². The van der Waals surface area contributed by atoms with Crippen LogP contribution in [-0.4, -0.2) is 41.6 Å². The molecule has 0 spiro atoms. The molecule has 0 radical (unpaired) electrons. The van der Waals surface area contributed by atoms with Crippen molar-refractivity contribution in [2.75, 3.05) is 18.6 Å². The van der Waals surface area contributed by atoms with Crippen LogP contribution < -0.4 is 4.74 Å². The topological polar surface area (TPSA) is 73.6 Å². The SMILES string of the molecule is COc1cccc2nc(C3CCCS(=O)(=O)C3)nn12. The van der Waals surface area contributed by atoms with E-state index in [0.717, 1.165) is 6.42 Å². The van der Waals surface area contributed by atoms with Gasteiger partial charge in [0.25, 0.3) is 0 Å². The molecule has 2 aromatic heterocycles. The first-order chi connectivity index (χ1) is 9.09. The fraction of sp³-hybridized carbons (Fsp3) is 0.500. The zero-order valence-corrected chi connectivity index (χ0v) is 11.4. The molecule has 3 heterocycles. The van der Waals surface area contributed by atoms with Crippen LogP contribution in [0.1, 0.15) is 24.6 Å². The molecule has 0 bridgehead atoms. The number of hydrogen-bond acceptors (Lipinski definition) is 5. The molecule has 2 aromatic rings. The van der Waals surface area contributed by atoms with Crippen LogP contribution in [0.4, 0.5) is 0 Å². The minimum absolute atomic E-state index is 0.108. The second-order valence-corrected chi connectivity index (χ2v) is 6.99. The largest absolute Gasteiger partial charge is 0.481 e. The Labute approximate surface area is 111 Å². The molecule has 6 nitrogen and oxygen atoms in total. The number of fused-ring (bicyclic) bond motifs is 1. The van der Waals surface area contributed by atoms with Gasteiger partial charge in [-0.2, -0.15) is 4.52 Å². The van der Waals surface area contributed by atoms with Crippen molar-refractivity contribution >= 4 is 15.5 Å². The number of nitrogens with zero attached hydrogens (tertiary/aromatic N) is 3. The highest BCUT2D eigenvalue weighted by molar-refractivity contribution is 7.91. The van der Waals surface area contributed by atoms with Crippen LogP contribution >= 0.6 is 0 Å². The van der Waals surface area contributed by atoms with Gasteiger partial charge in [-0.3, -0.25) is 0 Å². The lowest BCUT2D eigenvalue weighted by molar-refractivity contribution is 0.385. The summed E-state index contributed by atoms with van der Waals surface area (Å²) < 4.78 is 30.2. The second kappa shape index (κ2) is 4.48. The van der Waals surface area contributed by atoms with E-state index in [1.807, 2.05) is 12.1 Å². The van der Waals surface area contributed by atoms with Crippen LogP contribution in [0.15, 0.2) is 18.2 Å². The van der Waals surface area contributed by atoms with Gasteiger partial charge >= 0.3 is 0 Å². The van der Waals surface area contributed by atoms with Crippen molar-refractivity contribution in [1.82, 2.24) is 14.6 Å². The fourth-order valence-electron chi connectivity index (χ4n) is 2.45. The predicted molar refractivity (Wildman–Crippen MR) is 70.2 cm³/mol.